The molecule has 2 amide bonds. The molecule has 0 spiro atoms. The lowest BCUT2D eigenvalue weighted by molar-refractivity contribution is -0.139. The standard InChI is InChI=1S/C22H29N5O2/c1-17-6-8-18(9-7-17)20(27-13-11-26(2)12-14-27)16-25-22(29)21(28)24-15-19-5-3-4-10-23-19/h3-10,20H,11-16H2,1-2H3,(H,24,28)(H,25,29). The molecule has 2 aromatic rings. The monoisotopic (exact) mass is 395 g/mol. The molecule has 1 aromatic heterocycles. The topological polar surface area (TPSA) is 77.6 Å². The second kappa shape index (κ2) is 10.1. The Balaban J connectivity index is 1.59. The Labute approximate surface area is 172 Å². The average molecular weight is 396 g/mol. The number of rotatable bonds is 6. The van der Waals surface area contributed by atoms with Crippen LogP contribution in [0.5, 0.6) is 0 Å². The summed E-state index contributed by atoms with van der Waals surface area (Å²) in [7, 11) is 2.12. The molecule has 29 heavy (non-hydrogen) atoms. The fraction of sp³-hybridized carbons (Fsp3) is 0.409. The molecule has 1 fully saturated rings. The Morgan fingerprint density at radius 3 is 2.34 bits per heavy atom. The quantitative estimate of drug-likeness (QED) is 0.717. The second-order valence-electron chi connectivity index (χ2n) is 7.48. The number of amides is 2. The van der Waals surface area contributed by atoms with E-state index in [1.165, 1.54) is 5.56 Å². The first-order valence-electron chi connectivity index (χ1n) is 9.98. The molecular formula is C22H29N5O2. The highest BCUT2D eigenvalue weighted by molar-refractivity contribution is 6.35. The molecule has 154 valence electrons. The van der Waals surface area contributed by atoms with Crippen molar-refractivity contribution in [1.29, 1.82) is 0 Å². The number of aromatic nitrogens is 1. The molecule has 3 rings (SSSR count). The molecule has 2 heterocycles. The number of nitrogens with zero attached hydrogens (tertiary/aromatic N) is 3. The molecule has 0 aliphatic carbocycles. The molecule has 1 unspecified atom stereocenters. The number of aryl methyl sites for hydroxylation is 1. The van der Waals surface area contributed by atoms with E-state index < -0.39 is 11.8 Å². The van der Waals surface area contributed by atoms with Gasteiger partial charge in [-0.1, -0.05) is 35.9 Å². The number of hydrogen-bond donors (Lipinski definition) is 2. The summed E-state index contributed by atoms with van der Waals surface area (Å²) < 4.78 is 0. The highest BCUT2D eigenvalue weighted by Crippen LogP contribution is 2.22. The fourth-order valence-electron chi connectivity index (χ4n) is 3.40. The van der Waals surface area contributed by atoms with Crippen LogP contribution in [-0.2, 0) is 16.1 Å². The number of benzene rings is 1. The maximum Gasteiger partial charge on any atom is 0.309 e. The molecule has 0 saturated carbocycles. The smallest absolute Gasteiger partial charge is 0.309 e. The molecule has 0 bridgehead atoms. The maximum atomic E-state index is 12.3. The van der Waals surface area contributed by atoms with Crippen molar-refractivity contribution in [3.8, 4) is 0 Å². The van der Waals surface area contributed by atoms with Crippen LogP contribution in [-0.4, -0.2) is 66.4 Å². The fourth-order valence-corrected chi connectivity index (χ4v) is 3.40. The summed E-state index contributed by atoms with van der Waals surface area (Å²) in [5.74, 6) is -1.26. The van der Waals surface area contributed by atoms with Crippen LogP contribution in [0.2, 0.25) is 0 Å². The van der Waals surface area contributed by atoms with Gasteiger partial charge in [0.1, 0.15) is 0 Å². The van der Waals surface area contributed by atoms with E-state index in [0.29, 0.717) is 12.2 Å². The zero-order chi connectivity index (χ0) is 20.6. The van der Waals surface area contributed by atoms with E-state index in [1.807, 2.05) is 12.1 Å². The van der Waals surface area contributed by atoms with Gasteiger partial charge in [0.15, 0.2) is 0 Å². The van der Waals surface area contributed by atoms with Crippen molar-refractivity contribution in [2.24, 2.45) is 0 Å². The van der Waals surface area contributed by atoms with Crippen molar-refractivity contribution < 1.29 is 9.59 Å². The third-order valence-corrected chi connectivity index (χ3v) is 5.26. The predicted molar refractivity (Wildman–Crippen MR) is 112 cm³/mol. The molecule has 2 N–H and O–H groups in total. The summed E-state index contributed by atoms with van der Waals surface area (Å²) in [6.07, 6.45) is 1.66. The lowest BCUT2D eigenvalue weighted by Crippen LogP contribution is -2.49. The van der Waals surface area contributed by atoms with Crippen LogP contribution in [0.4, 0.5) is 0 Å². The molecule has 1 aliphatic rings. The van der Waals surface area contributed by atoms with Crippen molar-refractivity contribution >= 4 is 11.8 Å². The van der Waals surface area contributed by atoms with Gasteiger partial charge >= 0.3 is 11.8 Å². The number of carbonyl (C=O) groups excluding carboxylic acids is 2. The van der Waals surface area contributed by atoms with Crippen molar-refractivity contribution in [2.45, 2.75) is 19.5 Å². The number of nitrogens with one attached hydrogen (secondary N) is 2. The normalized spacial score (nSPS) is 16.2. The SMILES string of the molecule is Cc1ccc(C(CNC(=O)C(=O)NCc2ccccn2)N2CCN(C)CC2)cc1. The van der Waals surface area contributed by atoms with Crippen LogP contribution in [0, 0.1) is 6.92 Å². The summed E-state index contributed by atoms with van der Waals surface area (Å²) in [5, 5.41) is 5.44. The van der Waals surface area contributed by atoms with Gasteiger partial charge in [-0.15, -0.1) is 0 Å². The predicted octanol–water partition coefficient (Wildman–Crippen LogP) is 1.11. The van der Waals surface area contributed by atoms with Gasteiger partial charge in [0.25, 0.3) is 0 Å². The Morgan fingerprint density at radius 1 is 1.00 bits per heavy atom. The van der Waals surface area contributed by atoms with Gasteiger partial charge < -0.3 is 15.5 Å². The van der Waals surface area contributed by atoms with E-state index in [1.54, 1.807) is 12.3 Å². The minimum absolute atomic E-state index is 0.0387. The highest BCUT2D eigenvalue weighted by atomic mass is 16.2. The summed E-state index contributed by atoms with van der Waals surface area (Å²) >= 11 is 0. The first kappa shape index (κ1) is 21.0. The number of piperazine rings is 1. The van der Waals surface area contributed by atoms with E-state index in [4.69, 9.17) is 0 Å². The number of pyridine rings is 1. The largest absolute Gasteiger partial charge is 0.346 e. The van der Waals surface area contributed by atoms with E-state index in [0.717, 1.165) is 31.7 Å². The maximum absolute atomic E-state index is 12.3. The molecule has 1 atom stereocenters. The van der Waals surface area contributed by atoms with Crippen LogP contribution in [0.25, 0.3) is 0 Å². The molecule has 7 heteroatoms. The first-order chi connectivity index (χ1) is 14.0. The minimum Gasteiger partial charge on any atom is -0.346 e. The average Bonchev–Trinajstić information content (AvgIpc) is 2.75. The van der Waals surface area contributed by atoms with E-state index >= 15 is 0 Å². The lowest BCUT2D eigenvalue weighted by atomic mass is 10.0. The number of hydrogen-bond acceptors (Lipinski definition) is 5. The molecule has 1 aromatic carbocycles. The second-order valence-corrected chi connectivity index (χ2v) is 7.48. The van der Waals surface area contributed by atoms with Gasteiger partial charge in [-0.3, -0.25) is 19.5 Å². The third kappa shape index (κ3) is 6.10. The summed E-state index contributed by atoms with van der Waals surface area (Å²) in [5.41, 5.74) is 3.06. The van der Waals surface area contributed by atoms with Crippen molar-refractivity contribution in [1.82, 2.24) is 25.4 Å². The third-order valence-electron chi connectivity index (χ3n) is 5.26. The zero-order valence-corrected chi connectivity index (χ0v) is 17.1. The van der Waals surface area contributed by atoms with Crippen molar-refractivity contribution in [2.75, 3.05) is 39.8 Å². The summed E-state index contributed by atoms with van der Waals surface area (Å²) in [4.78, 5) is 33.3. The van der Waals surface area contributed by atoms with Crippen LogP contribution >= 0.6 is 0 Å². The molecule has 7 nitrogen and oxygen atoms in total. The summed E-state index contributed by atoms with van der Waals surface area (Å²) in [6, 6.07) is 13.9. The lowest BCUT2D eigenvalue weighted by Gasteiger charge is -2.38. The number of likely N-dealkylation sites (N-methyl/N-ethyl adjacent to an activating group) is 1. The molecule has 0 radical (unpaired) electrons. The Morgan fingerprint density at radius 2 is 1.69 bits per heavy atom. The van der Waals surface area contributed by atoms with Crippen molar-refractivity contribution in [3.63, 3.8) is 0 Å². The van der Waals surface area contributed by atoms with E-state index in [2.05, 4.69) is 63.7 Å². The Kier molecular flexibility index (Phi) is 7.32. The van der Waals surface area contributed by atoms with Crippen molar-refractivity contribution in [3.05, 3.63) is 65.5 Å². The Hall–Kier alpha value is -2.77. The van der Waals surface area contributed by atoms with Crippen LogP contribution in [0.1, 0.15) is 22.9 Å². The summed E-state index contributed by atoms with van der Waals surface area (Å²) in [6.45, 7) is 6.51. The van der Waals surface area contributed by atoms with Gasteiger partial charge in [-0.05, 0) is 31.7 Å². The van der Waals surface area contributed by atoms with Crippen LogP contribution < -0.4 is 10.6 Å². The van der Waals surface area contributed by atoms with Crippen LogP contribution in [0.15, 0.2) is 48.7 Å². The first-order valence-corrected chi connectivity index (χ1v) is 9.98. The van der Waals surface area contributed by atoms with Gasteiger partial charge in [-0.25, -0.2) is 0 Å². The van der Waals surface area contributed by atoms with E-state index in [9.17, 15) is 9.59 Å². The molecular weight excluding hydrogens is 366 g/mol. The highest BCUT2D eigenvalue weighted by Gasteiger charge is 2.25. The van der Waals surface area contributed by atoms with Gasteiger partial charge in [0, 0.05) is 38.9 Å². The van der Waals surface area contributed by atoms with Gasteiger partial charge in [0.05, 0.1) is 18.3 Å². The van der Waals surface area contributed by atoms with E-state index in [-0.39, 0.29) is 12.6 Å². The minimum atomic E-state index is -0.642. The Bertz CT molecular complexity index is 802. The molecule has 1 aliphatic heterocycles. The molecule has 1 saturated heterocycles. The zero-order valence-electron chi connectivity index (χ0n) is 17.1. The number of carbonyl (C=O) groups is 2. The van der Waals surface area contributed by atoms with Gasteiger partial charge in [0.2, 0.25) is 0 Å². The van der Waals surface area contributed by atoms with Crippen LogP contribution in [0.3, 0.4) is 0 Å². The van der Waals surface area contributed by atoms with Gasteiger partial charge in [-0.2, -0.15) is 0 Å².